The molecule has 0 spiro atoms. The van der Waals surface area contributed by atoms with Crippen LogP contribution in [0.1, 0.15) is 83.7 Å². The zero-order valence-corrected chi connectivity index (χ0v) is 30.9. The van der Waals surface area contributed by atoms with Gasteiger partial charge in [-0.25, -0.2) is 0 Å². The number of hydrogen-bond donors (Lipinski definition) is 6. The van der Waals surface area contributed by atoms with Crippen molar-refractivity contribution >= 4 is 41.1 Å². The quantitative estimate of drug-likeness (QED) is 0.0898. The fourth-order valence-electron chi connectivity index (χ4n) is 5.22. The molecule has 276 valence electrons. The Balaban J connectivity index is 2.22. The number of carbonyl (C=O) groups is 5. The van der Waals surface area contributed by atoms with Crippen LogP contribution in [0.5, 0.6) is 0 Å². The average Bonchev–Trinajstić information content (AvgIpc) is 3.08. The minimum Gasteiger partial charge on any atom is -0.619 e. The van der Waals surface area contributed by atoms with Crippen LogP contribution >= 0.6 is 11.6 Å². The molecule has 0 fully saturated rings. The lowest BCUT2D eigenvalue weighted by Gasteiger charge is -2.28. The van der Waals surface area contributed by atoms with E-state index in [1.54, 1.807) is 19.1 Å². The van der Waals surface area contributed by atoms with E-state index in [0.29, 0.717) is 42.0 Å². The van der Waals surface area contributed by atoms with Crippen LogP contribution in [0.25, 0.3) is 0 Å². The largest absolute Gasteiger partial charge is 0.619 e. The van der Waals surface area contributed by atoms with Gasteiger partial charge in [0.1, 0.15) is 18.1 Å². The van der Waals surface area contributed by atoms with E-state index >= 15 is 0 Å². The molecule has 14 heteroatoms. The second-order valence-corrected chi connectivity index (χ2v) is 13.3. The van der Waals surface area contributed by atoms with Gasteiger partial charge >= 0.3 is 0 Å². The van der Waals surface area contributed by atoms with Crippen molar-refractivity contribution in [3.05, 3.63) is 70.1 Å². The summed E-state index contributed by atoms with van der Waals surface area (Å²) in [6.45, 7) is 13.4. The van der Waals surface area contributed by atoms with Crippen LogP contribution in [0.4, 0.5) is 0 Å². The molecule has 2 rings (SSSR count). The fourth-order valence-corrected chi connectivity index (χ4v) is 5.44. The van der Waals surface area contributed by atoms with Gasteiger partial charge in [0.15, 0.2) is 12.4 Å². The van der Waals surface area contributed by atoms with Crippen molar-refractivity contribution in [2.24, 2.45) is 11.8 Å². The van der Waals surface area contributed by atoms with E-state index in [-0.39, 0.29) is 35.8 Å². The highest BCUT2D eigenvalue weighted by atomic mass is 35.5. The van der Waals surface area contributed by atoms with Crippen molar-refractivity contribution in [2.45, 2.75) is 104 Å². The van der Waals surface area contributed by atoms with E-state index in [1.165, 1.54) is 24.5 Å². The van der Waals surface area contributed by atoms with Gasteiger partial charge in [0.05, 0.1) is 11.6 Å². The topological polar surface area (TPSA) is 184 Å². The Morgan fingerprint density at radius 1 is 0.800 bits per heavy atom. The molecular weight excluding hydrogens is 662 g/mol. The Morgan fingerprint density at radius 2 is 1.46 bits per heavy atom. The Hall–Kier alpha value is -4.23. The maximum Gasteiger partial charge on any atom is 0.252 e. The van der Waals surface area contributed by atoms with Crippen LogP contribution in [0.2, 0.25) is 5.02 Å². The van der Waals surface area contributed by atoms with Crippen molar-refractivity contribution in [3.63, 3.8) is 0 Å². The summed E-state index contributed by atoms with van der Waals surface area (Å²) in [5, 5.41) is 29.3. The summed E-state index contributed by atoms with van der Waals surface area (Å²) in [5.41, 5.74) is 1.01. The number of aromatic nitrogens is 1. The average molecular weight is 716 g/mol. The summed E-state index contributed by atoms with van der Waals surface area (Å²) >= 11 is 6.47. The zero-order valence-electron chi connectivity index (χ0n) is 30.2. The molecule has 0 radical (unpaired) electrons. The molecule has 1 aromatic carbocycles. The van der Waals surface area contributed by atoms with Gasteiger partial charge in [0, 0.05) is 36.3 Å². The molecule has 1 aromatic heterocycles. The lowest BCUT2D eigenvalue weighted by atomic mass is 9.97. The summed E-state index contributed by atoms with van der Waals surface area (Å²) in [4.78, 5) is 66.0. The number of nitrogens with zero attached hydrogens (tertiary/aromatic N) is 1. The van der Waals surface area contributed by atoms with Gasteiger partial charge in [-0.1, -0.05) is 77.3 Å². The molecule has 6 N–H and O–H groups in total. The van der Waals surface area contributed by atoms with Gasteiger partial charge in [0.25, 0.3) is 5.91 Å². The van der Waals surface area contributed by atoms with Gasteiger partial charge in [-0.05, 0) is 50.2 Å². The molecule has 1 heterocycles. The third-order valence-electron chi connectivity index (χ3n) is 8.49. The maximum absolute atomic E-state index is 13.8. The SMILES string of the molecule is CCC[C@H](NC(=O)[C@@H](NC(=O)c1cc[n+]([O-])cc1)[C@@H](C)CC)C(=O)N[C@H](CN[C@@H](C)C(=O)N[C@H](C(=O)NCC)C(C)C)Cc1ccccc1Cl. The summed E-state index contributed by atoms with van der Waals surface area (Å²) < 4.78 is 0.560. The fraction of sp³-hybridized carbons (Fsp3) is 0.556. The van der Waals surface area contributed by atoms with E-state index in [4.69, 9.17) is 11.6 Å². The van der Waals surface area contributed by atoms with Gasteiger partial charge in [-0.2, -0.15) is 4.73 Å². The number of pyridine rings is 1. The van der Waals surface area contributed by atoms with Gasteiger partial charge in [-0.15, -0.1) is 0 Å². The molecule has 6 atom stereocenters. The third kappa shape index (κ3) is 13.2. The molecular formula is C36H54ClN7O6. The molecule has 2 aromatic rings. The van der Waals surface area contributed by atoms with Gasteiger partial charge < -0.3 is 37.1 Å². The number of benzene rings is 1. The molecule has 0 aliphatic carbocycles. The Labute approximate surface area is 300 Å². The lowest BCUT2D eigenvalue weighted by molar-refractivity contribution is -0.605. The standard InChI is InChI=1S/C36H54ClN7O6/c1-8-13-29(41-36(49)31(23(6)9-2)43-33(46)25-16-18-44(50)19-17-25)34(47)40-27(20-26-14-11-12-15-28(26)37)21-39-24(7)32(45)42-30(22(4)5)35(48)38-10-3/h11-12,14-19,22-24,27,29-31,39H,8-10,13,20-21H2,1-7H3,(H,38,48)(H,40,47)(H,41,49)(H,42,45)(H,43,46)/t23-,24-,27-,29-,30-,31-/m0/s1. The highest BCUT2D eigenvalue weighted by Crippen LogP contribution is 2.17. The molecule has 5 amide bonds. The maximum atomic E-state index is 13.8. The summed E-state index contributed by atoms with van der Waals surface area (Å²) in [5.74, 6) is -2.47. The third-order valence-corrected chi connectivity index (χ3v) is 8.86. The van der Waals surface area contributed by atoms with E-state index in [1.807, 2.05) is 53.7 Å². The molecule has 0 saturated carbocycles. The van der Waals surface area contributed by atoms with Crippen molar-refractivity contribution < 1.29 is 28.7 Å². The predicted molar refractivity (Wildman–Crippen MR) is 193 cm³/mol. The summed E-state index contributed by atoms with van der Waals surface area (Å²) in [7, 11) is 0. The Morgan fingerprint density at radius 3 is 2.04 bits per heavy atom. The van der Waals surface area contributed by atoms with E-state index < -0.39 is 47.9 Å². The molecule has 13 nitrogen and oxygen atoms in total. The molecule has 0 saturated heterocycles. The molecule has 0 aliphatic rings. The molecule has 0 unspecified atom stereocenters. The number of halogens is 1. The smallest absolute Gasteiger partial charge is 0.252 e. The normalized spacial score (nSPS) is 14.7. The molecule has 50 heavy (non-hydrogen) atoms. The van der Waals surface area contributed by atoms with Crippen LogP contribution in [0.15, 0.2) is 48.8 Å². The summed E-state index contributed by atoms with van der Waals surface area (Å²) in [6.07, 6.45) is 4.23. The van der Waals surface area contributed by atoms with Crippen molar-refractivity contribution in [1.82, 2.24) is 31.9 Å². The monoisotopic (exact) mass is 715 g/mol. The highest BCUT2D eigenvalue weighted by molar-refractivity contribution is 6.31. The Kier molecular flexibility index (Phi) is 17.7. The van der Waals surface area contributed by atoms with E-state index in [9.17, 15) is 29.2 Å². The second kappa shape index (κ2) is 21.1. The second-order valence-electron chi connectivity index (χ2n) is 12.9. The number of likely N-dealkylation sites (N-methyl/N-ethyl adjacent to an activating group) is 1. The zero-order chi connectivity index (χ0) is 37.4. The van der Waals surface area contributed by atoms with E-state index in [0.717, 1.165) is 5.56 Å². The predicted octanol–water partition coefficient (Wildman–Crippen LogP) is 2.39. The highest BCUT2D eigenvalue weighted by Gasteiger charge is 2.31. The van der Waals surface area contributed by atoms with Crippen LogP contribution in [0.3, 0.4) is 0 Å². The van der Waals surface area contributed by atoms with Crippen LogP contribution in [-0.2, 0) is 25.6 Å². The first-order valence-electron chi connectivity index (χ1n) is 17.4. The minimum atomic E-state index is -0.937. The van der Waals surface area contributed by atoms with Crippen LogP contribution in [0, 0.1) is 17.0 Å². The number of carbonyl (C=O) groups excluding carboxylic acids is 5. The van der Waals surface area contributed by atoms with Crippen molar-refractivity contribution in [3.8, 4) is 0 Å². The number of nitrogens with one attached hydrogen (secondary N) is 6. The number of amides is 5. The molecule has 0 bridgehead atoms. The summed E-state index contributed by atoms with van der Waals surface area (Å²) in [6, 6.07) is 6.19. The van der Waals surface area contributed by atoms with Crippen LogP contribution in [-0.4, -0.2) is 72.8 Å². The van der Waals surface area contributed by atoms with E-state index in [2.05, 4.69) is 31.9 Å². The molecule has 0 aliphatic heterocycles. The minimum absolute atomic E-state index is 0.131. The first kappa shape index (κ1) is 41.9. The first-order valence-corrected chi connectivity index (χ1v) is 17.7. The van der Waals surface area contributed by atoms with Gasteiger partial charge in [0.2, 0.25) is 23.6 Å². The number of hydrogen-bond acceptors (Lipinski definition) is 7. The number of rotatable bonds is 20. The van der Waals surface area contributed by atoms with Crippen LogP contribution < -0.4 is 36.6 Å². The van der Waals surface area contributed by atoms with Crippen molar-refractivity contribution in [1.29, 1.82) is 0 Å². The lowest BCUT2D eigenvalue weighted by Crippen LogP contribution is -2.58. The Bertz CT molecular complexity index is 1420. The van der Waals surface area contributed by atoms with Gasteiger partial charge in [-0.3, -0.25) is 24.0 Å². The first-order chi connectivity index (χ1) is 23.7. The van der Waals surface area contributed by atoms with Crippen molar-refractivity contribution in [2.75, 3.05) is 13.1 Å².